The second kappa shape index (κ2) is 10.9. The highest BCUT2D eigenvalue weighted by atomic mass is 16.3. The van der Waals surface area contributed by atoms with Crippen LogP contribution in [0, 0.1) is 5.92 Å². The van der Waals surface area contributed by atoms with Gasteiger partial charge < -0.3 is 19.2 Å². The van der Waals surface area contributed by atoms with E-state index in [1.54, 1.807) is 17.0 Å². The van der Waals surface area contributed by atoms with Crippen molar-refractivity contribution in [2.45, 2.75) is 26.8 Å². The Morgan fingerprint density at radius 1 is 0.941 bits per heavy atom. The maximum Gasteiger partial charge on any atom is 0.290 e. The summed E-state index contributed by atoms with van der Waals surface area (Å²) in [6, 6.07) is 21.5. The van der Waals surface area contributed by atoms with E-state index in [2.05, 4.69) is 17.1 Å². The van der Waals surface area contributed by atoms with Gasteiger partial charge in [0.1, 0.15) is 6.54 Å². The third kappa shape index (κ3) is 5.76. The van der Waals surface area contributed by atoms with Crippen molar-refractivity contribution in [3.05, 3.63) is 96.1 Å². The van der Waals surface area contributed by atoms with Gasteiger partial charge in [-0.25, -0.2) is 0 Å². The van der Waals surface area contributed by atoms with Crippen molar-refractivity contribution in [1.82, 2.24) is 14.8 Å². The van der Waals surface area contributed by atoms with Gasteiger partial charge in [0.2, 0.25) is 5.91 Å². The third-order valence-electron chi connectivity index (χ3n) is 5.83. The summed E-state index contributed by atoms with van der Waals surface area (Å²) in [5.41, 5.74) is 3.32. The number of fused-ring (bicyclic) bond motifs is 1. The lowest BCUT2D eigenvalue weighted by Gasteiger charge is -2.28. The molecular formula is C28H31N3O3. The number of amides is 2. The molecule has 2 amide bonds. The van der Waals surface area contributed by atoms with Gasteiger partial charge in [0, 0.05) is 36.7 Å². The van der Waals surface area contributed by atoms with Gasteiger partial charge in [-0.15, -0.1) is 0 Å². The van der Waals surface area contributed by atoms with Gasteiger partial charge >= 0.3 is 0 Å². The van der Waals surface area contributed by atoms with Gasteiger partial charge in [-0.05, 0) is 41.7 Å². The fraction of sp³-hybridized carbons (Fsp3) is 0.286. The second-order valence-corrected chi connectivity index (χ2v) is 8.97. The van der Waals surface area contributed by atoms with E-state index in [1.165, 1.54) is 17.2 Å². The molecule has 0 saturated heterocycles. The summed E-state index contributed by atoms with van der Waals surface area (Å²) >= 11 is 0. The molecule has 2 heterocycles. The first-order chi connectivity index (χ1) is 16.5. The average Bonchev–Trinajstić information content (AvgIpc) is 3.52. The molecule has 0 spiro atoms. The molecule has 4 rings (SSSR count). The van der Waals surface area contributed by atoms with Gasteiger partial charge in [0.25, 0.3) is 5.91 Å². The zero-order valence-corrected chi connectivity index (χ0v) is 19.7. The van der Waals surface area contributed by atoms with Crippen LogP contribution in [0.3, 0.4) is 0 Å². The van der Waals surface area contributed by atoms with Crippen molar-refractivity contribution in [3.8, 4) is 0 Å². The van der Waals surface area contributed by atoms with Crippen LogP contribution in [-0.2, 0) is 17.8 Å². The Morgan fingerprint density at radius 2 is 1.71 bits per heavy atom. The Kier molecular flexibility index (Phi) is 7.48. The number of aromatic amines is 1. The minimum absolute atomic E-state index is 0.0123. The summed E-state index contributed by atoms with van der Waals surface area (Å²) < 4.78 is 5.31. The molecule has 4 aromatic rings. The van der Waals surface area contributed by atoms with Crippen LogP contribution in [-0.4, -0.2) is 46.2 Å². The van der Waals surface area contributed by atoms with E-state index in [4.69, 9.17) is 4.42 Å². The van der Waals surface area contributed by atoms with E-state index in [0.29, 0.717) is 19.6 Å². The van der Waals surface area contributed by atoms with E-state index in [-0.39, 0.29) is 30.0 Å². The lowest BCUT2D eigenvalue weighted by Crippen LogP contribution is -2.44. The van der Waals surface area contributed by atoms with Crippen LogP contribution in [0.4, 0.5) is 0 Å². The number of aromatic nitrogens is 1. The highest BCUT2D eigenvalue weighted by Crippen LogP contribution is 2.19. The van der Waals surface area contributed by atoms with Gasteiger partial charge in [-0.2, -0.15) is 0 Å². The van der Waals surface area contributed by atoms with E-state index in [0.717, 1.165) is 17.5 Å². The summed E-state index contributed by atoms with van der Waals surface area (Å²) in [4.78, 5) is 33.3. The first-order valence-corrected chi connectivity index (χ1v) is 11.7. The number of hydrogen-bond donors (Lipinski definition) is 1. The number of carbonyl (C=O) groups excluding carboxylic acids is 2. The third-order valence-corrected chi connectivity index (χ3v) is 5.83. The molecule has 34 heavy (non-hydrogen) atoms. The Morgan fingerprint density at radius 3 is 2.44 bits per heavy atom. The Hall–Kier alpha value is -3.80. The van der Waals surface area contributed by atoms with Gasteiger partial charge in [0.15, 0.2) is 5.76 Å². The number of H-pyrrole nitrogens is 1. The number of rotatable bonds is 10. The highest BCUT2D eigenvalue weighted by molar-refractivity contribution is 5.94. The topological polar surface area (TPSA) is 69.6 Å². The molecule has 0 fully saturated rings. The average molecular weight is 458 g/mol. The lowest BCUT2D eigenvalue weighted by atomic mass is 10.1. The zero-order valence-electron chi connectivity index (χ0n) is 19.7. The summed E-state index contributed by atoms with van der Waals surface area (Å²) in [5.74, 6) is 0.134. The van der Waals surface area contributed by atoms with Crippen LogP contribution in [0.5, 0.6) is 0 Å². The van der Waals surface area contributed by atoms with Crippen molar-refractivity contribution in [1.29, 1.82) is 0 Å². The number of hydrogen-bond acceptors (Lipinski definition) is 3. The molecule has 0 aliphatic carbocycles. The quantitative estimate of drug-likeness (QED) is 0.359. The molecule has 0 unspecified atom stereocenters. The zero-order chi connectivity index (χ0) is 23.9. The van der Waals surface area contributed by atoms with Crippen LogP contribution < -0.4 is 0 Å². The summed E-state index contributed by atoms with van der Waals surface area (Å²) in [6.07, 6.45) is 4.21. The smallest absolute Gasteiger partial charge is 0.290 e. The van der Waals surface area contributed by atoms with Crippen LogP contribution in [0.1, 0.15) is 35.5 Å². The van der Waals surface area contributed by atoms with E-state index in [1.807, 2.05) is 67.4 Å². The molecule has 0 aliphatic heterocycles. The highest BCUT2D eigenvalue weighted by Gasteiger charge is 2.25. The largest absolute Gasteiger partial charge is 0.459 e. The number of nitrogens with one attached hydrogen (secondary N) is 1. The number of benzene rings is 2. The lowest BCUT2D eigenvalue weighted by molar-refractivity contribution is -0.132. The molecule has 0 saturated carbocycles. The first-order valence-electron chi connectivity index (χ1n) is 11.7. The normalized spacial score (nSPS) is 11.1. The van der Waals surface area contributed by atoms with Crippen LogP contribution in [0.2, 0.25) is 0 Å². The van der Waals surface area contributed by atoms with Crippen LogP contribution >= 0.6 is 0 Å². The Balaban J connectivity index is 1.52. The summed E-state index contributed by atoms with van der Waals surface area (Å²) in [7, 11) is 0. The first kappa shape index (κ1) is 23.4. The Bertz CT molecular complexity index is 1210. The monoisotopic (exact) mass is 457 g/mol. The standard InChI is InChI=1S/C28H31N3O3/c1-21(2)18-31(28(33)26-13-8-16-34-26)20-27(32)30(19-22-9-4-3-5-10-22)15-14-23-17-29-25-12-7-6-11-24(23)25/h3-13,16-17,21,29H,14-15,18-20H2,1-2H3. The van der Waals surface area contributed by atoms with Crippen molar-refractivity contribution >= 4 is 22.7 Å². The summed E-state index contributed by atoms with van der Waals surface area (Å²) in [5, 5.41) is 1.17. The maximum absolute atomic E-state index is 13.5. The van der Waals surface area contributed by atoms with Crippen LogP contribution in [0.25, 0.3) is 10.9 Å². The van der Waals surface area contributed by atoms with E-state index >= 15 is 0 Å². The molecule has 2 aromatic heterocycles. The second-order valence-electron chi connectivity index (χ2n) is 8.97. The number of nitrogens with zero attached hydrogens (tertiary/aromatic N) is 2. The molecule has 176 valence electrons. The fourth-order valence-corrected chi connectivity index (χ4v) is 4.17. The maximum atomic E-state index is 13.5. The number of carbonyl (C=O) groups is 2. The number of furan rings is 1. The molecule has 6 nitrogen and oxygen atoms in total. The molecule has 0 radical (unpaired) electrons. The molecule has 0 bridgehead atoms. The molecule has 1 N–H and O–H groups in total. The van der Waals surface area contributed by atoms with Crippen molar-refractivity contribution in [3.63, 3.8) is 0 Å². The molecule has 0 atom stereocenters. The van der Waals surface area contributed by atoms with Crippen LogP contribution in [0.15, 0.2) is 83.6 Å². The molecule has 6 heteroatoms. The van der Waals surface area contributed by atoms with Crippen molar-refractivity contribution in [2.75, 3.05) is 19.6 Å². The van der Waals surface area contributed by atoms with Gasteiger partial charge in [-0.3, -0.25) is 9.59 Å². The molecule has 0 aliphatic rings. The summed E-state index contributed by atoms with van der Waals surface area (Å²) in [6.45, 7) is 5.61. The molecular weight excluding hydrogens is 426 g/mol. The predicted octanol–water partition coefficient (Wildman–Crippen LogP) is 5.13. The SMILES string of the molecule is CC(C)CN(CC(=O)N(CCc1c[nH]c2ccccc12)Cc1ccccc1)C(=O)c1ccco1. The van der Waals surface area contributed by atoms with Crippen molar-refractivity contribution < 1.29 is 14.0 Å². The fourth-order valence-electron chi connectivity index (χ4n) is 4.17. The predicted molar refractivity (Wildman–Crippen MR) is 133 cm³/mol. The van der Waals surface area contributed by atoms with Crippen molar-refractivity contribution in [2.24, 2.45) is 5.92 Å². The van der Waals surface area contributed by atoms with E-state index in [9.17, 15) is 9.59 Å². The minimum atomic E-state index is -0.261. The van der Waals surface area contributed by atoms with E-state index < -0.39 is 0 Å². The minimum Gasteiger partial charge on any atom is -0.459 e. The van der Waals surface area contributed by atoms with Gasteiger partial charge in [0.05, 0.1) is 6.26 Å². The number of para-hydroxylation sites is 1. The molecule has 2 aromatic carbocycles. The van der Waals surface area contributed by atoms with Gasteiger partial charge in [-0.1, -0.05) is 62.4 Å². The Labute approximate surface area is 200 Å².